The Balaban J connectivity index is 1.31. The first-order valence-electron chi connectivity index (χ1n) is 12.8. The van der Waals surface area contributed by atoms with Crippen LogP contribution >= 0.6 is 0 Å². The van der Waals surface area contributed by atoms with E-state index in [0.29, 0.717) is 37.4 Å². The SMILES string of the molecule is O=C1CN(C(=O)CCC[C@@H]2[C@H]3CCCN4CCC[C@@H](CN2C(=O)c2ccccc2)[C@@H]34)CCN1. The van der Waals surface area contributed by atoms with Crippen molar-refractivity contribution >= 4 is 17.7 Å². The summed E-state index contributed by atoms with van der Waals surface area (Å²) in [6, 6.07) is 10.4. The van der Waals surface area contributed by atoms with E-state index in [2.05, 4.69) is 15.1 Å². The molecule has 33 heavy (non-hydrogen) atoms. The lowest BCUT2D eigenvalue weighted by atomic mass is 9.69. The summed E-state index contributed by atoms with van der Waals surface area (Å²) < 4.78 is 0. The molecule has 1 aromatic rings. The smallest absolute Gasteiger partial charge is 0.254 e. The van der Waals surface area contributed by atoms with Gasteiger partial charge in [-0.2, -0.15) is 0 Å². The summed E-state index contributed by atoms with van der Waals surface area (Å²) in [4.78, 5) is 44.5. The zero-order valence-corrected chi connectivity index (χ0v) is 19.5. The quantitative estimate of drug-likeness (QED) is 0.743. The van der Waals surface area contributed by atoms with Gasteiger partial charge in [0.1, 0.15) is 0 Å². The van der Waals surface area contributed by atoms with Crippen LogP contribution in [-0.2, 0) is 9.59 Å². The van der Waals surface area contributed by atoms with E-state index in [1.165, 1.54) is 38.8 Å². The zero-order valence-electron chi connectivity index (χ0n) is 19.5. The van der Waals surface area contributed by atoms with E-state index in [1.807, 2.05) is 30.3 Å². The standard InChI is InChI=1S/C26H36N4O3/c31-23-18-29(16-13-27-23)24(32)12-4-11-22-21-10-6-15-28-14-5-9-20(25(21)28)17-30(22)26(33)19-7-2-1-3-8-19/h1-3,7-8,20-22,25H,4-6,9-18H2,(H,27,31)/t20-,21+,22+,25-/m0/s1. The van der Waals surface area contributed by atoms with Gasteiger partial charge in [-0.3, -0.25) is 19.3 Å². The fourth-order valence-corrected chi connectivity index (χ4v) is 6.82. The van der Waals surface area contributed by atoms with Crippen molar-refractivity contribution in [1.82, 2.24) is 20.0 Å². The van der Waals surface area contributed by atoms with Crippen molar-refractivity contribution in [2.75, 3.05) is 39.3 Å². The molecule has 1 aromatic carbocycles. The number of piperidine rings is 3. The van der Waals surface area contributed by atoms with E-state index in [0.717, 1.165) is 24.9 Å². The van der Waals surface area contributed by atoms with Crippen molar-refractivity contribution in [3.05, 3.63) is 35.9 Å². The second-order valence-corrected chi connectivity index (χ2v) is 10.2. The number of nitrogens with one attached hydrogen (secondary N) is 1. The van der Waals surface area contributed by atoms with Crippen molar-refractivity contribution in [2.24, 2.45) is 11.8 Å². The number of carbonyl (C=O) groups is 3. The Bertz CT molecular complexity index is 874. The second-order valence-electron chi connectivity index (χ2n) is 10.2. The van der Waals surface area contributed by atoms with Gasteiger partial charge < -0.3 is 15.1 Å². The van der Waals surface area contributed by atoms with Gasteiger partial charge in [0.05, 0.1) is 6.54 Å². The molecule has 0 radical (unpaired) electrons. The number of hydrogen-bond acceptors (Lipinski definition) is 4. The summed E-state index contributed by atoms with van der Waals surface area (Å²) in [7, 11) is 0. The lowest BCUT2D eigenvalue weighted by molar-refractivity contribution is -0.138. The van der Waals surface area contributed by atoms with E-state index < -0.39 is 0 Å². The van der Waals surface area contributed by atoms with Gasteiger partial charge in [0.25, 0.3) is 5.91 Å². The molecule has 4 aliphatic heterocycles. The fourth-order valence-electron chi connectivity index (χ4n) is 6.82. The highest BCUT2D eigenvalue weighted by Gasteiger charge is 2.49. The second kappa shape index (κ2) is 9.84. The van der Waals surface area contributed by atoms with E-state index in [9.17, 15) is 14.4 Å². The summed E-state index contributed by atoms with van der Waals surface area (Å²) in [5.74, 6) is 1.16. The van der Waals surface area contributed by atoms with Gasteiger partial charge in [0, 0.05) is 43.7 Å². The number of nitrogens with zero attached hydrogens (tertiary/aromatic N) is 3. The Morgan fingerprint density at radius 1 is 1.03 bits per heavy atom. The number of likely N-dealkylation sites (tertiary alicyclic amines) is 1. The predicted octanol–water partition coefficient (Wildman–Crippen LogP) is 2.13. The third-order valence-electron chi connectivity index (χ3n) is 8.24. The van der Waals surface area contributed by atoms with Crippen LogP contribution in [0, 0.1) is 11.8 Å². The molecule has 0 unspecified atom stereocenters. The van der Waals surface area contributed by atoms with Crippen LogP contribution in [0.25, 0.3) is 0 Å². The fraction of sp³-hybridized carbons (Fsp3) is 0.654. The number of amides is 3. The first kappa shape index (κ1) is 22.4. The Morgan fingerprint density at radius 2 is 1.82 bits per heavy atom. The summed E-state index contributed by atoms with van der Waals surface area (Å²) in [5, 5.41) is 2.78. The summed E-state index contributed by atoms with van der Waals surface area (Å²) in [6.07, 6.45) is 6.85. The van der Waals surface area contributed by atoms with Crippen LogP contribution in [0.4, 0.5) is 0 Å². The number of rotatable bonds is 5. The minimum atomic E-state index is -0.0767. The zero-order chi connectivity index (χ0) is 22.8. The first-order valence-corrected chi connectivity index (χ1v) is 12.8. The Labute approximate surface area is 196 Å². The third-order valence-corrected chi connectivity index (χ3v) is 8.24. The molecule has 3 amide bonds. The maximum atomic E-state index is 13.6. The molecule has 4 fully saturated rings. The number of benzene rings is 1. The lowest BCUT2D eigenvalue weighted by Crippen LogP contribution is -2.65. The van der Waals surface area contributed by atoms with Crippen LogP contribution in [-0.4, -0.2) is 83.8 Å². The van der Waals surface area contributed by atoms with Gasteiger partial charge in [-0.1, -0.05) is 18.2 Å². The van der Waals surface area contributed by atoms with E-state index in [-0.39, 0.29) is 30.3 Å². The molecule has 4 aliphatic rings. The Kier molecular flexibility index (Phi) is 6.67. The van der Waals surface area contributed by atoms with Crippen molar-refractivity contribution in [3.63, 3.8) is 0 Å². The lowest BCUT2D eigenvalue weighted by Gasteiger charge is -2.57. The maximum absolute atomic E-state index is 13.6. The molecule has 1 N–H and O–H groups in total. The van der Waals surface area contributed by atoms with E-state index >= 15 is 0 Å². The highest BCUT2D eigenvalue weighted by Crippen LogP contribution is 2.43. The van der Waals surface area contributed by atoms with Gasteiger partial charge >= 0.3 is 0 Å². The van der Waals surface area contributed by atoms with Crippen LogP contribution in [0.15, 0.2) is 30.3 Å². The van der Waals surface area contributed by atoms with Crippen LogP contribution in [0.5, 0.6) is 0 Å². The maximum Gasteiger partial charge on any atom is 0.254 e. The molecular formula is C26H36N4O3. The summed E-state index contributed by atoms with van der Waals surface area (Å²) >= 11 is 0. The van der Waals surface area contributed by atoms with Crippen LogP contribution in [0.3, 0.4) is 0 Å². The third kappa shape index (κ3) is 4.65. The molecule has 7 nitrogen and oxygen atoms in total. The highest BCUT2D eigenvalue weighted by atomic mass is 16.2. The molecule has 4 saturated heterocycles. The average Bonchev–Trinajstić information content (AvgIpc) is 2.85. The monoisotopic (exact) mass is 452 g/mol. The molecule has 4 atom stereocenters. The number of piperazine rings is 1. The molecule has 0 aliphatic carbocycles. The average molecular weight is 453 g/mol. The van der Waals surface area contributed by atoms with Gasteiger partial charge in [0.2, 0.25) is 11.8 Å². The Hall–Kier alpha value is -2.41. The van der Waals surface area contributed by atoms with Gasteiger partial charge in [-0.05, 0) is 75.6 Å². The summed E-state index contributed by atoms with van der Waals surface area (Å²) in [6.45, 7) is 4.50. The van der Waals surface area contributed by atoms with Gasteiger partial charge in [-0.25, -0.2) is 0 Å². The Morgan fingerprint density at radius 3 is 2.61 bits per heavy atom. The van der Waals surface area contributed by atoms with Crippen molar-refractivity contribution in [3.8, 4) is 0 Å². The highest BCUT2D eigenvalue weighted by molar-refractivity contribution is 5.94. The van der Waals surface area contributed by atoms with E-state index in [1.54, 1.807) is 4.90 Å². The van der Waals surface area contributed by atoms with Gasteiger partial charge in [0.15, 0.2) is 0 Å². The van der Waals surface area contributed by atoms with Gasteiger partial charge in [-0.15, -0.1) is 0 Å². The normalized spacial score (nSPS) is 29.9. The molecular weight excluding hydrogens is 416 g/mol. The first-order chi connectivity index (χ1) is 16.1. The van der Waals surface area contributed by atoms with Crippen LogP contribution < -0.4 is 5.32 Å². The van der Waals surface area contributed by atoms with Crippen molar-refractivity contribution in [1.29, 1.82) is 0 Å². The molecule has 0 aromatic heterocycles. The largest absolute Gasteiger partial charge is 0.353 e. The minimum absolute atomic E-state index is 0.0578. The van der Waals surface area contributed by atoms with Crippen molar-refractivity contribution in [2.45, 2.75) is 57.0 Å². The van der Waals surface area contributed by atoms with E-state index in [4.69, 9.17) is 0 Å². The molecule has 0 spiro atoms. The summed E-state index contributed by atoms with van der Waals surface area (Å²) in [5.41, 5.74) is 0.764. The minimum Gasteiger partial charge on any atom is -0.353 e. The number of hydrogen-bond donors (Lipinski definition) is 1. The molecule has 5 rings (SSSR count). The van der Waals surface area contributed by atoms with Crippen molar-refractivity contribution < 1.29 is 14.4 Å². The molecule has 7 heteroatoms. The molecule has 4 heterocycles. The van der Waals surface area contributed by atoms with Crippen LogP contribution in [0.2, 0.25) is 0 Å². The predicted molar refractivity (Wildman–Crippen MR) is 126 cm³/mol. The molecule has 178 valence electrons. The van der Waals surface area contributed by atoms with Crippen LogP contribution in [0.1, 0.15) is 55.3 Å². The molecule has 0 bridgehead atoms. The number of carbonyl (C=O) groups excluding carboxylic acids is 3. The molecule has 0 saturated carbocycles. The topological polar surface area (TPSA) is 73.0 Å².